The molecule has 1 saturated heterocycles. The second-order valence-corrected chi connectivity index (χ2v) is 6.68. The lowest BCUT2D eigenvalue weighted by atomic mass is 10.2. The second kappa shape index (κ2) is 7.06. The first-order chi connectivity index (χ1) is 11.1. The van der Waals surface area contributed by atoms with Gasteiger partial charge in [-0.05, 0) is 26.1 Å². The van der Waals surface area contributed by atoms with Gasteiger partial charge in [0.1, 0.15) is 10.8 Å². The van der Waals surface area contributed by atoms with Crippen LogP contribution in [0.3, 0.4) is 0 Å². The Kier molecular flexibility index (Phi) is 4.88. The number of amides is 1. The molecule has 1 fully saturated rings. The van der Waals surface area contributed by atoms with Crippen LogP contribution in [0.1, 0.15) is 28.3 Å². The third kappa shape index (κ3) is 3.86. The second-order valence-electron chi connectivity index (χ2n) is 5.76. The van der Waals surface area contributed by atoms with Crippen LogP contribution >= 0.6 is 11.3 Å². The van der Waals surface area contributed by atoms with Gasteiger partial charge in [0, 0.05) is 49.5 Å². The van der Waals surface area contributed by atoms with E-state index in [-0.39, 0.29) is 11.9 Å². The number of rotatable bonds is 4. The Balaban J connectivity index is 1.68. The minimum absolute atomic E-state index is 0.0922. The molecular formula is C16H21N5OS. The molecule has 0 radical (unpaired) electrons. The summed E-state index contributed by atoms with van der Waals surface area (Å²) in [5, 5.41) is 5.81. The van der Waals surface area contributed by atoms with Gasteiger partial charge in [-0.15, -0.1) is 11.3 Å². The molecule has 0 aromatic carbocycles. The van der Waals surface area contributed by atoms with Crippen molar-refractivity contribution >= 4 is 23.1 Å². The van der Waals surface area contributed by atoms with Crippen molar-refractivity contribution < 1.29 is 4.79 Å². The Morgan fingerprint density at radius 1 is 1.26 bits per heavy atom. The molecule has 1 aliphatic heterocycles. The minimum Gasteiger partial charge on any atom is -0.354 e. The van der Waals surface area contributed by atoms with Gasteiger partial charge in [-0.1, -0.05) is 0 Å². The van der Waals surface area contributed by atoms with E-state index in [4.69, 9.17) is 0 Å². The lowest BCUT2D eigenvalue weighted by Crippen LogP contribution is -2.44. The highest BCUT2D eigenvalue weighted by molar-refractivity contribution is 7.09. The predicted molar refractivity (Wildman–Crippen MR) is 91.9 cm³/mol. The normalized spacial score (nSPS) is 17.0. The Labute approximate surface area is 140 Å². The minimum atomic E-state index is -0.0947. The summed E-state index contributed by atoms with van der Waals surface area (Å²) in [6, 6.07) is 3.53. The number of anilines is 1. The molecule has 1 aliphatic rings. The number of aromatic nitrogens is 2. The van der Waals surface area contributed by atoms with Crippen LogP contribution in [0, 0.1) is 0 Å². The van der Waals surface area contributed by atoms with Gasteiger partial charge >= 0.3 is 0 Å². The van der Waals surface area contributed by atoms with Gasteiger partial charge in [-0.2, -0.15) is 0 Å². The first-order valence-electron chi connectivity index (χ1n) is 7.73. The highest BCUT2D eigenvalue weighted by Crippen LogP contribution is 2.18. The molecule has 7 heteroatoms. The monoisotopic (exact) mass is 331 g/mol. The summed E-state index contributed by atoms with van der Waals surface area (Å²) < 4.78 is 0. The van der Waals surface area contributed by atoms with Crippen molar-refractivity contribution in [3.05, 3.63) is 40.5 Å². The Morgan fingerprint density at radius 2 is 2.04 bits per heavy atom. The number of hydrogen-bond donors (Lipinski definition) is 1. The van der Waals surface area contributed by atoms with Gasteiger partial charge in [0.05, 0.1) is 6.04 Å². The number of likely N-dealkylation sites (N-methyl/N-ethyl adjacent to an activating group) is 1. The molecule has 23 heavy (non-hydrogen) atoms. The van der Waals surface area contributed by atoms with Crippen LogP contribution in [0.25, 0.3) is 0 Å². The maximum atomic E-state index is 12.4. The summed E-state index contributed by atoms with van der Waals surface area (Å²) in [4.78, 5) is 25.6. The van der Waals surface area contributed by atoms with Crippen molar-refractivity contribution in [1.29, 1.82) is 0 Å². The zero-order valence-corrected chi connectivity index (χ0v) is 14.2. The molecule has 0 spiro atoms. The topological polar surface area (TPSA) is 61.4 Å². The van der Waals surface area contributed by atoms with Gasteiger partial charge < -0.3 is 15.1 Å². The van der Waals surface area contributed by atoms with E-state index >= 15 is 0 Å². The van der Waals surface area contributed by atoms with E-state index in [2.05, 4.69) is 32.1 Å². The Hall–Kier alpha value is -1.99. The number of carbonyl (C=O) groups excluding carboxylic acids is 1. The van der Waals surface area contributed by atoms with Gasteiger partial charge in [0.25, 0.3) is 5.91 Å². The number of nitrogens with zero attached hydrogens (tertiary/aromatic N) is 4. The van der Waals surface area contributed by atoms with Gasteiger partial charge in [-0.25, -0.2) is 9.97 Å². The molecule has 0 aliphatic carbocycles. The fourth-order valence-corrected chi connectivity index (χ4v) is 3.20. The predicted octanol–water partition coefficient (Wildman–Crippen LogP) is 1.78. The zero-order valence-electron chi connectivity index (χ0n) is 13.4. The molecule has 1 N–H and O–H groups in total. The van der Waals surface area contributed by atoms with Crippen LogP contribution in [0.2, 0.25) is 0 Å². The van der Waals surface area contributed by atoms with E-state index in [0.717, 1.165) is 37.0 Å². The Bertz CT molecular complexity index is 652. The lowest BCUT2D eigenvalue weighted by Gasteiger charge is -2.33. The van der Waals surface area contributed by atoms with Crippen LogP contribution in [0.5, 0.6) is 0 Å². The average molecular weight is 331 g/mol. The highest BCUT2D eigenvalue weighted by atomic mass is 32.1. The molecule has 2 aromatic rings. The molecule has 0 bridgehead atoms. The Morgan fingerprint density at radius 3 is 2.74 bits per heavy atom. The highest BCUT2D eigenvalue weighted by Gasteiger charge is 2.18. The zero-order chi connectivity index (χ0) is 16.2. The maximum Gasteiger partial charge on any atom is 0.252 e. The molecule has 6 nitrogen and oxygen atoms in total. The number of thiazole rings is 1. The number of carbonyl (C=O) groups is 1. The summed E-state index contributed by atoms with van der Waals surface area (Å²) in [6.45, 7) is 5.84. The number of pyridine rings is 1. The molecular weight excluding hydrogens is 310 g/mol. The van der Waals surface area contributed by atoms with Crippen LogP contribution in [0.15, 0.2) is 29.9 Å². The third-order valence-corrected chi connectivity index (χ3v) is 4.96. The van der Waals surface area contributed by atoms with Crippen molar-refractivity contribution in [3.63, 3.8) is 0 Å². The van der Waals surface area contributed by atoms with Crippen LogP contribution in [0.4, 0.5) is 5.82 Å². The summed E-state index contributed by atoms with van der Waals surface area (Å²) in [6.07, 6.45) is 3.46. The molecule has 1 atom stereocenters. The number of hydrogen-bond acceptors (Lipinski definition) is 6. The van der Waals surface area contributed by atoms with E-state index in [1.54, 1.807) is 29.8 Å². The fourth-order valence-electron chi connectivity index (χ4n) is 2.56. The molecule has 3 heterocycles. The van der Waals surface area contributed by atoms with Gasteiger partial charge in [0.15, 0.2) is 0 Å². The fraction of sp³-hybridized carbons (Fsp3) is 0.438. The van der Waals surface area contributed by atoms with Crippen molar-refractivity contribution in [2.24, 2.45) is 0 Å². The third-order valence-electron chi connectivity index (χ3n) is 4.00. The van der Waals surface area contributed by atoms with Crippen molar-refractivity contribution in [2.45, 2.75) is 13.0 Å². The van der Waals surface area contributed by atoms with E-state index in [0.29, 0.717) is 5.56 Å². The standard InChI is InChI=1S/C16H21N5OS/c1-12(16-18-5-10-23-16)19-15(22)13-3-4-17-14(11-13)21-8-6-20(2)7-9-21/h3-5,10-12H,6-9H2,1-2H3,(H,19,22)/t12-/m0/s1. The summed E-state index contributed by atoms with van der Waals surface area (Å²) in [5.74, 6) is 0.776. The van der Waals surface area contributed by atoms with E-state index in [1.165, 1.54) is 0 Å². The van der Waals surface area contributed by atoms with E-state index in [1.807, 2.05) is 18.4 Å². The first kappa shape index (κ1) is 15.9. The SMILES string of the molecule is C[C@H](NC(=O)c1ccnc(N2CCN(C)CC2)c1)c1nccs1. The van der Waals surface area contributed by atoms with E-state index in [9.17, 15) is 4.79 Å². The number of piperazine rings is 1. The first-order valence-corrected chi connectivity index (χ1v) is 8.61. The quantitative estimate of drug-likeness (QED) is 0.925. The number of nitrogens with one attached hydrogen (secondary N) is 1. The van der Waals surface area contributed by atoms with Crippen LogP contribution in [-0.2, 0) is 0 Å². The summed E-state index contributed by atoms with van der Waals surface area (Å²) in [7, 11) is 2.12. The average Bonchev–Trinajstić information content (AvgIpc) is 3.10. The van der Waals surface area contributed by atoms with Crippen LogP contribution in [-0.4, -0.2) is 54.0 Å². The van der Waals surface area contributed by atoms with Gasteiger partial charge in [0.2, 0.25) is 0 Å². The largest absolute Gasteiger partial charge is 0.354 e. The van der Waals surface area contributed by atoms with Gasteiger partial charge in [-0.3, -0.25) is 4.79 Å². The molecule has 0 saturated carbocycles. The smallest absolute Gasteiger partial charge is 0.252 e. The van der Waals surface area contributed by atoms with Crippen LogP contribution < -0.4 is 10.2 Å². The molecule has 0 unspecified atom stereocenters. The van der Waals surface area contributed by atoms with Crippen molar-refractivity contribution in [1.82, 2.24) is 20.2 Å². The van der Waals surface area contributed by atoms with E-state index < -0.39 is 0 Å². The maximum absolute atomic E-state index is 12.4. The summed E-state index contributed by atoms with van der Waals surface area (Å²) in [5.41, 5.74) is 0.636. The molecule has 2 aromatic heterocycles. The lowest BCUT2D eigenvalue weighted by molar-refractivity contribution is 0.0939. The molecule has 1 amide bonds. The van der Waals surface area contributed by atoms with Crippen molar-refractivity contribution in [2.75, 3.05) is 38.1 Å². The summed E-state index contributed by atoms with van der Waals surface area (Å²) >= 11 is 1.54. The van der Waals surface area contributed by atoms with Crippen molar-refractivity contribution in [3.8, 4) is 0 Å². The molecule has 3 rings (SSSR count). The molecule has 122 valence electrons.